The second kappa shape index (κ2) is 20.6. The second-order valence-corrected chi connectivity index (χ2v) is 26.6. The third-order valence-corrected chi connectivity index (χ3v) is 21.1. The minimum absolute atomic E-state index is 0. The first-order chi connectivity index (χ1) is 34.8. The van der Waals surface area contributed by atoms with E-state index in [9.17, 15) is 4.39 Å². The molecule has 1 spiro atoms. The van der Waals surface area contributed by atoms with Gasteiger partial charge in [-0.05, 0) is 104 Å². The first-order valence-corrected chi connectivity index (χ1v) is 28.8. The number of benzene rings is 7. The molecule has 0 atom stereocenters. The fraction of sp³-hybridized carbons (Fsp3) is 0.273. The molecule has 1 fully saturated rings. The van der Waals surface area contributed by atoms with Crippen LogP contribution in [0.5, 0.6) is 0 Å². The Bertz CT molecular complexity index is 3550. The maximum absolute atomic E-state index is 13.1. The molecule has 3 aromatic heterocycles. The largest absolute Gasteiger partial charge is 0.501 e. The Labute approximate surface area is 445 Å². The zero-order chi connectivity index (χ0) is 49.7. The number of hydrogen-bond donors (Lipinski definition) is 0. The van der Waals surface area contributed by atoms with E-state index in [-0.39, 0.29) is 43.2 Å². The summed E-state index contributed by atoms with van der Waals surface area (Å²) in [6, 6.07) is 61.4. The Balaban J connectivity index is 0.000000221. The van der Waals surface area contributed by atoms with Gasteiger partial charge in [0.05, 0.1) is 30.5 Å². The molecule has 2 aliphatic rings. The van der Waals surface area contributed by atoms with Crippen molar-refractivity contribution in [1.82, 2.24) is 14.5 Å². The Hall–Kier alpha value is -6.24. The number of nitrogens with zero attached hydrogens (tertiary/aromatic N) is 3. The zero-order valence-electron chi connectivity index (χ0n) is 43.2. The molecule has 73 heavy (non-hydrogen) atoms. The number of imidazole rings is 1. The minimum Gasteiger partial charge on any atom is -0.501 e. The summed E-state index contributed by atoms with van der Waals surface area (Å²) in [5, 5.41) is 3.78. The summed E-state index contributed by atoms with van der Waals surface area (Å²) in [6.45, 7) is 16.0. The molecule has 0 aliphatic carbocycles. The van der Waals surface area contributed by atoms with E-state index in [0.29, 0.717) is 0 Å². The SMILES string of the molecule is CC(C)c1cc(-c2ccc(C(C)(C)C)cc2)cc(C(C)C)c1-n1c(-c2[c-]ccc3c2oc2cc(-c4ccccc4)ccc23)nc2ccccc21.Fc1c[c-]c(-c2cc3c(cn2)[Si]2(CCCCC2)CCC3)cc1.[Ir]. The van der Waals surface area contributed by atoms with Gasteiger partial charge in [0.25, 0.3) is 0 Å². The maximum atomic E-state index is 13.1. The van der Waals surface area contributed by atoms with Crippen LogP contribution in [-0.2, 0) is 31.9 Å². The van der Waals surface area contributed by atoms with Gasteiger partial charge in [-0.15, -0.1) is 48.0 Å². The van der Waals surface area contributed by atoms with Crippen molar-refractivity contribution in [2.45, 2.75) is 116 Å². The fourth-order valence-corrected chi connectivity index (χ4v) is 17.2. The van der Waals surface area contributed by atoms with Crippen molar-refractivity contribution in [3.05, 3.63) is 192 Å². The van der Waals surface area contributed by atoms with Crippen LogP contribution < -0.4 is 5.19 Å². The van der Waals surface area contributed by atoms with E-state index in [2.05, 4.69) is 187 Å². The van der Waals surface area contributed by atoms with Gasteiger partial charge in [0.1, 0.15) is 5.58 Å². The summed E-state index contributed by atoms with van der Waals surface area (Å²) in [7, 11) is -1.26. The number of pyridine rings is 1. The van der Waals surface area contributed by atoms with Crippen molar-refractivity contribution in [2.75, 3.05) is 0 Å². The molecule has 7 aromatic carbocycles. The molecule has 12 rings (SSSR count). The first-order valence-electron chi connectivity index (χ1n) is 26.2. The molecule has 1 radical (unpaired) electrons. The standard InChI is InChI=1S/C47H43N2O.C19H21FNSi.Ir/c1-29(2)39-26-34(32-20-23-35(24-21-32)47(5,6)7)27-40(30(3)4)44(39)49-42-19-12-11-18-41(42)48-46(49)38-17-13-16-37-36-25-22-33(28-43(36)50-45(37)38)31-14-9-8-10-15-31;20-17-8-6-15(7-9-17)18-13-16-5-4-12-22(19(16)14-21-18)10-2-1-3-11-22;/h8-16,18-30H,1-7H3;6,8-9,13-14H,1-5,10-12H2;/q2*-1;. The summed E-state index contributed by atoms with van der Waals surface area (Å²) in [4.78, 5) is 10.1. The Kier molecular flexibility index (Phi) is 14.2. The molecule has 371 valence electrons. The van der Waals surface area contributed by atoms with Crippen LogP contribution in [0.3, 0.4) is 0 Å². The Morgan fingerprint density at radius 3 is 2.05 bits per heavy atom. The van der Waals surface area contributed by atoms with Gasteiger partial charge in [0, 0.05) is 43.2 Å². The average Bonchev–Trinajstić information content (AvgIpc) is 3.97. The molecule has 7 heteroatoms. The molecular weight excluding hydrogens is 1090 g/mol. The van der Waals surface area contributed by atoms with Crippen LogP contribution in [0.25, 0.3) is 83.6 Å². The predicted octanol–water partition coefficient (Wildman–Crippen LogP) is 17.7. The van der Waals surface area contributed by atoms with E-state index in [1.165, 1.54) is 107 Å². The molecule has 1 saturated heterocycles. The van der Waals surface area contributed by atoms with E-state index < -0.39 is 8.07 Å². The first kappa shape index (κ1) is 50.3. The van der Waals surface area contributed by atoms with Crippen LogP contribution in [0.4, 0.5) is 4.39 Å². The van der Waals surface area contributed by atoms with Gasteiger partial charge in [0.2, 0.25) is 0 Å². The Morgan fingerprint density at radius 2 is 1.36 bits per heavy atom. The van der Waals surface area contributed by atoms with Crippen molar-refractivity contribution in [1.29, 1.82) is 0 Å². The number of aromatic nitrogens is 3. The molecule has 0 amide bonds. The predicted molar refractivity (Wildman–Crippen MR) is 301 cm³/mol. The summed E-state index contributed by atoms with van der Waals surface area (Å²) in [5.74, 6) is 1.14. The summed E-state index contributed by atoms with van der Waals surface area (Å²) in [6.07, 6.45) is 8.94. The number of hydrogen-bond acceptors (Lipinski definition) is 3. The van der Waals surface area contributed by atoms with Crippen LogP contribution in [-0.4, -0.2) is 22.6 Å². The number of halogens is 1. The third-order valence-electron chi connectivity index (χ3n) is 15.6. The van der Waals surface area contributed by atoms with Gasteiger partial charge in [0.15, 0.2) is 0 Å². The van der Waals surface area contributed by atoms with E-state index in [4.69, 9.17) is 14.4 Å². The monoisotopic (exact) mass is 1150 g/mol. The van der Waals surface area contributed by atoms with Gasteiger partial charge in [-0.2, -0.15) is 0 Å². The number of fused-ring (bicyclic) bond motifs is 6. The van der Waals surface area contributed by atoms with Gasteiger partial charge >= 0.3 is 0 Å². The topological polar surface area (TPSA) is 43.9 Å². The van der Waals surface area contributed by atoms with Crippen molar-refractivity contribution in [3.63, 3.8) is 0 Å². The van der Waals surface area contributed by atoms with Gasteiger partial charge in [-0.25, -0.2) is 0 Å². The minimum atomic E-state index is -1.26. The molecule has 2 aliphatic heterocycles. The molecule has 0 saturated carbocycles. The molecule has 10 aromatic rings. The van der Waals surface area contributed by atoms with Crippen molar-refractivity contribution >= 4 is 46.2 Å². The van der Waals surface area contributed by atoms with Gasteiger partial charge < -0.3 is 14.0 Å². The van der Waals surface area contributed by atoms with Gasteiger partial charge in [-0.3, -0.25) is 9.37 Å². The molecule has 4 nitrogen and oxygen atoms in total. The number of rotatable bonds is 7. The van der Waals surface area contributed by atoms with E-state index >= 15 is 0 Å². The van der Waals surface area contributed by atoms with Crippen molar-refractivity contribution in [3.8, 4) is 50.6 Å². The van der Waals surface area contributed by atoms with Crippen molar-refractivity contribution in [2.24, 2.45) is 0 Å². The van der Waals surface area contributed by atoms with Crippen LogP contribution in [0, 0.1) is 17.9 Å². The van der Waals surface area contributed by atoms with Crippen LogP contribution in [0.2, 0.25) is 18.1 Å². The number of para-hydroxylation sites is 2. The quantitative estimate of drug-likeness (QED) is 0.118. The van der Waals surface area contributed by atoms with Crippen LogP contribution in [0.1, 0.15) is 108 Å². The van der Waals surface area contributed by atoms with Crippen molar-refractivity contribution < 1.29 is 28.9 Å². The Morgan fingerprint density at radius 1 is 0.671 bits per heavy atom. The van der Waals surface area contributed by atoms with E-state index in [1.807, 2.05) is 12.1 Å². The van der Waals surface area contributed by atoms with Crippen LogP contribution in [0.15, 0.2) is 156 Å². The number of aryl methyl sites for hydroxylation is 1. The second-order valence-electron chi connectivity index (χ2n) is 22.0. The molecule has 0 N–H and O–H groups in total. The van der Waals surface area contributed by atoms with Gasteiger partial charge in [-0.1, -0.05) is 194 Å². The number of furan rings is 1. The smallest absolute Gasteiger partial charge is 0.121 e. The fourth-order valence-electron chi connectivity index (χ4n) is 11.7. The normalized spacial score (nSPS) is 14.4. The summed E-state index contributed by atoms with van der Waals surface area (Å²) < 4.78 is 22.2. The van der Waals surface area contributed by atoms with E-state index in [1.54, 1.807) is 11.3 Å². The summed E-state index contributed by atoms with van der Waals surface area (Å²) in [5.41, 5.74) is 17.9. The average molecular weight is 1150 g/mol. The maximum Gasteiger partial charge on any atom is 0.121 e. The molecular formula is C66H64FIrN3OSi-2. The van der Waals surface area contributed by atoms with Crippen LogP contribution >= 0.6 is 0 Å². The zero-order valence-corrected chi connectivity index (χ0v) is 46.6. The molecule has 0 unspecified atom stereocenters. The third kappa shape index (κ3) is 9.73. The molecule has 5 heterocycles. The summed E-state index contributed by atoms with van der Waals surface area (Å²) >= 11 is 0. The molecule has 0 bridgehead atoms. The van der Waals surface area contributed by atoms with E-state index in [0.717, 1.165) is 61.2 Å².